The van der Waals surface area contributed by atoms with Gasteiger partial charge in [-0.15, -0.1) is 0 Å². The minimum Gasteiger partial charge on any atom is -0.444 e. The van der Waals surface area contributed by atoms with Gasteiger partial charge < -0.3 is 14.6 Å². The van der Waals surface area contributed by atoms with Crippen molar-refractivity contribution < 1.29 is 9.21 Å². The van der Waals surface area contributed by atoms with E-state index in [0.29, 0.717) is 24.7 Å². The molecule has 1 amide bonds. The Balaban J connectivity index is 1.79. The van der Waals surface area contributed by atoms with Crippen LogP contribution in [0.15, 0.2) is 16.7 Å². The van der Waals surface area contributed by atoms with Crippen LogP contribution in [0, 0.1) is 19.3 Å². The predicted octanol–water partition coefficient (Wildman–Crippen LogP) is 4.01. The molecule has 3 heterocycles. The van der Waals surface area contributed by atoms with Crippen LogP contribution >= 0.6 is 0 Å². The van der Waals surface area contributed by atoms with Crippen molar-refractivity contribution in [1.29, 1.82) is 0 Å². The van der Waals surface area contributed by atoms with Crippen LogP contribution < -0.4 is 10.2 Å². The highest BCUT2D eigenvalue weighted by atomic mass is 16.4. The van der Waals surface area contributed by atoms with Gasteiger partial charge >= 0.3 is 0 Å². The van der Waals surface area contributed by atoms with Gasteiger partial charge in [0.1, 0.15) is 11.6 Å². The third-order valence-corrected chi connectivity index (χ3v) is 4.42. The average molecular weight is 356 g/mol. The Labute approximate surface area is 155 Å². The number of anilines is 2. The predicted molar refractivity (Wildman–Crippen MR) is 102 cm³/mol. The molecule has 0 radical (unpaired) electrons. The van der Waals surface area contributed by atoms with Gasteiger partial charge in [0.15, 0.2) is 5.89 Å². The molecule has 0 saturated carbocycles. The molecule has 1 N–H and O–H groups in total. The Bertz CT molecular complexity index is 805. The normalized spacial score (nSPS) is 14.3. The molecule has 1 aliphatic heterocycles. The standard InChI is InChI=1S/C20H28N4O2/c1-13-9-17-16(22-19(13)23-18(25)10-20(3,4)5)7-6-8-24(17)12-15-11-21-14(2)26-15/h9,11H,6-8,10,12H2,1-5H3,(H,22,23,25). The lowest BCUT2D eigenvalue weighted by atomic mass is 9.92. The lowest BCUT2D eigenvalue weighted by Gasteiger charge is -2.30. The van der Waals surface area contributed by atoms with Crippen LogP contribution in [-0.4, -0.2) is 22.4 Å². The largest absolute Gasteiger partial charge is 0.444 e. The number of nitrogens with one attached hydrogen (secondary N) is 1. The summed E-state index contributed by atoms with van der Waals surface area (Å²) in [7, 11) is 0. The zero-order valence-corrected chi connectivity index (χ0v) is 16.3. The zero-order valence-electron chi connectivity index (χ0n) is 16.3. The van der Waals surface area contributed by atoms with Crippen molar-refractivity contribution in [1.82, 2.24) is 9.97 Å². The number of hydrogen-bond acceptors (Lipinski definition) is 5. The first kappa shape index (κ1) is 18.4. The van der Waals surface area contributed by atoms with Crippen molar-refractivity contribution in [3.05, 3.63) is 35.2 Å². The Hall–Kier alpha value is -2.37. The summed E-state index contributed by atoms with van der Waals surface area (Å²) in [5.41, 5.74) is 3.09. The summed E-state index contributed by atoms with van der Waals surface area (Å²) in [4.78, 5) is 23.5. The molecule has 0 atom stereocenters. The van der Waals surface area contributed by atoms with Gasteiger partial charge in [0.25, 0.3) is 0 Å². The quantitative estimate of drug-likeness (QED) is 0.896. The summed E-state index contributed by atoms with van der Waals surface area (Å²) in [6.07, 6.45) is 4.21. The summed E-state index contributed by atoms with van der Waals surface area (Å²) in [5, 5.41) is 2.99. The number of pyridine rings is 1. The summed E-state index contributed by atoms with van der Waals surface area (Å²) >= 11 is 0. The smallest absolute Gasteiger partial charge is 0.226 e. The minimum atomic E-state index is -0.0435. The van der Waals surface area contributed by atoms with E-state index in [0.717, 1.165) is 42.1 Å². The van der Waals surface area contributed by atoms with Gasteiger partial charge in [-0.1, -0.05) is 20.8 Å². The van der Waals surface area contributed by atoms with E-state index >= 15 is 0 Å². The van der Waals surface area contributed by atoms with Crippen molar-refractivity contribution in [2.45, 2.75) is 60.4 Å². The van der Waals surface area contributed by atoms with Crippen molar-refractivity contribution in [3.63, 3.8) is 0 Å². The van der Waals surface area contributed by atoms with Crippen LogP contribution in [0.4, 0.5) is 11.5 Å². The first-order valence-electron chi connectivity index (χ1n) is 9.18. The van der Waals surface area contributed by atoms with E-state index in [1.807, 2.05) is 13.8 Å². The maximum atomic E-state index is 12.3. The molecule has 3 rings (SSSR count). The van der Waals surface area contributed by atoms with E-state index in [1.54, 1.807) is 6.20 Å². The SMILES string of the molecule is Cc1ncc(CN2CCCc3nc(NC(=O)CC(C)(C)C)c(C)cc32)o1. The minimum absolute atomic E-state index is 0.0119. The number of carbonyl (C=O) groups excluding carboxylic acids is 1. The van der Waals surface area contributed by atoms with Gasteiger partial charge in [-0.05, 0) is 36.8 Å². The summed E-state index contributed by atoms with van der Waals surface area (Å²) in [5.74, 6) is 2.23. The highest BCUT2D eigenvalue weighted by Crippen LogP contribution is 2.31. The molecule has 0 spiro atoms. The second kappa shape index (κ2) is 7.09. The van der Waals surface area contributed by atoms with E-state index in [9.17, 15) is 4.79 Å². The summed E-state index contributed by atoms with van der Waals surface area (Å²) in [6, 6.07) is 2.12. The Morgan fingerprint density at radius 3 is 2.77 bits per heavy atom. The van der Waals surface area contributed by atoms with E-state index in [2.05, 4.69) is 42.0 Å². The van der Waals surface area contributed by atoms with Crippen LogP contribution in [0.25, 0.3) is 0 Å². The molecule has 0 saturated heterocycles. The van der Waals surface area contributed by atoms with Crippen LogP contribution in [0.1, 0.15) is 56.5 Å². The molecule has 0 bridgehead atoms. The van der Waals surface area contributed by atoms with Crippen molar-refractivity contribution in [3.8, 4) is 0 Å². The molecule has 140 valence electrons. The van der Waals surface area contributed by atoms with E-state index in [4.69, 9.17) is 9.40 Å². The lowest BCUT2D eigenvalue weighted by molar-refractivity contribution is -0.117. The highest BCUT2D eigenvalue weighted by molar-refractivity contribution is 5.91. The molecule has 6 nitrogen and oxygen atoms in total. The van der Waals surface area contributed by atoms with Crippen LogP contribution in [0.5, 0.6) is 0 Å². The lowest BCUT2D eigenvalue weighted by Crippen LogP contribution is -2.30. The van der Waals surface area contributed by atoms with Crippen molar-refractivity contribution >= 4 is 17.4 Å². The second-order valence-electron chi connectivity index (χ2n) is 8.28. The topological polar surface area (TPSA) is 71.3 Å². The molecule has 0 aromatic carbocycles. The molecule has 0 unspecified atom stereocenters. The van der Waals surface area contributed by atoms with Crippen molar-refractivity contribution in [2.24, 2.45) is 5.41 Å². The first-order valence-corrected chi connectivity index (χ1v) is 9.18. The fourth-order valence-electron chi connectivity index (χ4n) is 3.27. The van der Waals surface area contributed by atoms with Gasteiger partial charge in [0, 0.05) is 19.9 Å². The fraction of sp³-hybridized carbons (Fsp3) is 0.550. The number of nitrogens with zero attached hydrogens (tertiary/aromatic N) is 3. The van der Waals surface area contributed by atoms with Gasteiger partial charge in [0.2, 0.25) is 5.91 Å². The average Bonchev–Trinajstić information content (AvgIpc) is 2.92. The van der Waals surface area contributed by atoms with Gasteiger partial charge in [-0.2, -0.15) is 0 Å². The van der Waals surface area contributed by atoms with Gasteiger partial charge in [-0.25, -0.2) is 9.97 Å². The number of rotatable bonds is 4. The third-order valence-electron chi connectivity index (χ3n) is 4.42. The van der Waals surface area contributed by atoms with Crippen LogP contribution in [-0.2, 0) is 17.8 Å². The molecule has 0 fully saturated rings. The molecule has 0 aliphatic carbocycles. The molecule has 2 aromatic rings. The summed E-state index contributed by atoms with van der Waals surface area (Å²) < 4.78 is 5.62. The fourth-order valence-corrected chi connectivity index (χ4v) is 3.27. The third kappa shape index (κ3) is 4.42. The second-order valence-corrected chi connectivity index (χ2v) is 8.28. The highest BCUT2D eigenvalue weighted by Gasteiger charge is 2.22. The van der Waals surface area contributed by atoms with E-state index in [-0.39, 0.29) is 11.3 Å². The monoisotopic (exact) mass is 356 g/mol. The molecule has 2 aromatic heterocycles. The Kier molecular flexibility index (Phi) is 5.03. The molecular formula is C20H28N4O2. The number of oxazole rings is 1. The number of aromatic nitrogens is 2. The molecule has 26 heavy (non-hydrogen) atoms. The number of aryl methyl sites for hydroxylation is 3. The van der Waals surface area contributed by atoms with Crippen LogP contribution in [0.3, 0.4) is 0 Å². The molecule has 6 heteroatoms. The van der Waals surface area contributed by atoms with Gasteiger partial charge in [0.05, 0.1) is 24.1 Å². The first-order chi connectivity index (χ1) is 12.2. The maximum absolute atomic E-state index is 12.3. The zero-order chi connectivity index (χ0) is 18.9. The van der Waals surface area contributed by atoms with Crippen LogP contribution in [0.2, 0.25) is 0 Å². The Morgan fingerprint density at radius 2 is 2.12 bits per heavy atom. The summed E-state index contributed by atoms with van der Waals surface area (Å²) in [6.45, 7) is 11.7. The number of hydrogen-bond donors (Lipinski definition) is 1. The maximum Gasteiger partial charge on any atom is 0.226 e. The number of amides is 1. The Morgan fingerprint density at radius 1 is 1.35 bits per heavy atom. The van der Waals surface area contributed by atoms with E-state index < -0.39 is 0 Å². The van der Waals surface area contributed by atoms with Crippen molar-refractivity contribution in [2.75, 3.05) is 16.8 Å². The molecular weight excluding hydrogens is 328 g/mol. The number of fused-ring (bicyclic) bond motifs is 1. The van der Waals surface area contributed by atoms with E-state index in [1.165, 1.54) is 0 Å². The van der Waals surface area contributed by atoms with Gasteiger partial charge in [-0.3, -0.25) is 4.79 Å². The molecule has 1 aliphatic rings. The number of carbonyl (C=O) groups is 1.